The molecular weight excluding hydrogens is 458 g/mol. The van der Waals surface area contributed by atoms with Crippen LogP contribution >= 0.6 is 0 Å². The molecule has 34 heavy (non-hydrogen) atoms. The number of benzene rings is 2. The first-order valence-electron chi connectivity index (χ1n) is 10.0. The molecule has 11 heteroatoms. The zero-order chi connectivity index (χ0) is 24.9. The molecule has 0 saturated carbocycles. The highest BCUT2D eigenvalue weighted by atomic mass is 19.4. The second kappa shape index (κ2) is 10.3. The van der Waals surface area contributed by atoms with Crippen molar-refractivity contribution in [3.8, 4) is 5.69 Å². The van der Waals surface area contributed by atoms with Crippen LogP contribution in [0.5, 0.6) is 0 Å². The SMILES string of the molecule is Cc1cc(=O)c(C(=O)OCC(=O)NCCc2ccc(F)cc2)nn1-c1cccc(C(F)(F)F)c1. The number of rotatable bonds is 7. The third-order valence-corrected chi connectivity index (χ3v) is 4.70. The monoisotopic (exact) mass is 477 g/mol. The number of aromatic nitrogens is 2. The number of carbonyl (C=O) groups is 2. The third-order valence-electron chi connectivity index (χ3n) is 4.70. The van der Waals surface area contributed by atoms with Crippen molar-refractivity contribution < 1.29 is 31.9 Å². The first kappa shape index (κ1) is 24.6. The lowest BCUT2D eigenvalue weighted by Crippen LogP contribution is -2.32. The predicted molar refractivity (Wildman–Crippen MR) is 113 cm³/mol. The maximum atomic E-state index is 13.0. The first-order chi connectivity index (χ1) is 16.0. The second-order valence-electron chi connectivity index (χ2n) is 7.26. The molecule has 0 aliphatic carbocycles. The largest absolute Gasteiger partial charge is 0.451 e. The fraction of sp³-hybridized carbons (Fsp3) is 0.217. The maximum absolute atomic E-state index is 13.0. The number of hydrogen-bond donors (Lipinski definition) is 1. The van der Waals surface area contributed by atoms with Gasteiger partial charge in [0.2, 0.25) is 11.1 Å². The van der Waals surface area contributed by atoms with Crippen LogP contribution in [0, 0.1) is 12.7 Å². The van der Waals surface area contributed by atoms with Gasteiger partial charge in [-0.05, 0) is 49.2 Å². The highest BCUT2D eigenvalue weighted by Crippen LogP contribution is 2.30. The minimum Gasteiger partial charge on any atom is -0.451 e. The highest BCUT2D eigenvalue weighted by molar-refractivity contribution is 5.89. The van der Waals surface area contributed by atoms with Crippen molar-refractivity contribution in [1.29, 1.82) is 0 Å². The Morgan fingerprint density at radius 1 is 1.09 bits per heavy atom. The summed E-state index contributed by atoms with van der Waals surface area (Å²) < 4.78 is 57.8. The summed E-state index contributed by atoms with van der Waals surface area (Å²) >= 11 is 0. The molecule has 0 bridgehead atoms. The van der Waals surface area contributed by atoms with Crippen LogP contribution < -0.4 is 10.7 Å². The highest BCUT2D eigenvalue weighted by Gasteiger charge is 2.30. The van der Waals surface area contributed by atoms with Crippen LogP contribution in [0.3, 0.4) is 0 Å². The van der Waals surface area contributed by atoms with E-state index >= 15 is 0 Å². The quantitative estimate of drug-likeness (QED) is 0.417. The van der Waals surface area contributed by atoms with Crippen molar-refractivity contribution in [2.24, 2.45) is 0 Å². The maximum Gasteiger partial charge on any atom is 0.416 e. The van der Waals surface area contributed by atoms with Gasteiger partial charge in [-0.2, -0.15) is 18.3 Å². The average molecular weight is 477 g/mol. The molecule has 1 N–H and O–H groups in total. The number of esters is 1. The molecule has 0 aliphatic heterocycles. The molecule has 7 nitrogen and oxygen atoms in total. The molecular formula is C23H19F4N3O4. The van der Waals surface area contributed by atoms with Gasteiger partial charge < -0.3 is 10.1 Å². The molecule has 1 amide bonds. The summed E-state index contributed by atoms with van der Waals surface area (Å²) in [6, 6.07) is 11.0. The minimum atomic E-state index is -4.59. The minimum absolute atomic E-state index is 0.0140. The lowest BCUT2D eigenvalue weighted by atomic mass is 10.1. The van der Waals surface area contributed by atoms with E-state index in [1.807, 2.05) is 0 Å². The van der Waals surface area contributed by atoms with Crippen LogP contribution in [-0.2, 0) is 22.1 Å². The molecule has 2 aromatic carbocycles. The van der Waals surface area contributed by atoms with E-state index in [1.54, 1.807) is 12.1 Å². The molecule has 0 fully saturated rings. The number of halogens is 4. The van der Waals surface area contributed by atoms with E-state index in [4.69, 9.17) is 4.74 Å². The zero-order valence-electron chi connectivity index (χ0n) is 17.9. The fourth-order valence-corrected chi connectivity index (χ4v) is 3.01. The third kappa shape index (κ3) is 6.27. The smallest absolute Gasteiger partial charge is 0.416 e. The summed E-state index contributed by atoms with van der Waals surface area (Å²) in [6.07, 6.45) is -4.17. The molecule has 0 aliphatic rings. The molecule has 0 atom stereocenters. The molecule has 178 valence electrons. The number of aryl methyl sites for hydroxylation is 1. The van der Waals surface area contributed by atoms with Crippen molar-refractivity contribution in [2.75, 3.05) is 13.2 Å². The van der Waals surface area contributed by atoms with Gasteiger partial charge in [0.1, 0.15) is 5.82 Å². The molecule has 1 aromatic heterocycles. The van der Waals surface area contributed by atoms with Gasteiger partial charge in [-0.3, -0.25) is 9.59 Å². The van der Waals surface area contributed by atoms with Crippen molar-refractivity contribution in [2.45, 2.75) is 19.5 Å². The zero-order valence-corrected chi connectivity index (χ0v) is 17.9. The average Bonchev–Trinajstić information content (AvgIpc) is 2.78. The van der Waals surface area contributed by atoms with E-state index < -0.39 is 41.3 Å². The Balaban J connectivity index is 1.65. The number of alkyl halides is 3. The Hall–Kier alpha value is -4.02. The number of nitrogens with one attached hydrogen (secondary N) is 1. The molecule has 3 aromatic rings. The van der Waals surface area contributed by atoms with Gasteiger partial charge in [-0.1, -0.05) is 18.2 Å². The number of ether oxygens (including phenoxy) is 1. The van der Waals surface area contributed by atoms with Gasteiger partial charge in [0.05, 0.1) is 11.3 Å². The van der Waals surface area contributed by atoms with Crippen LogP contribution in [0.2, 0.25) is 0 Å². The van der Waals surface area contributed by atoms with Gasteiger partial charge in [0.15, 0.2) is 6.61 Å². The topological polar surface area (TPSA) is 90.3 Å². The molecule has 0 radical (unpaired) electrons. The van der Waals surface area contributed by atoms with E-state index in [-0.39, 0.29) is 23.7 Å². The predicted octanol–water partition coefficient (Wildman–Crippen LogP) is 3.21. The number of amides is 1. The van der Waals surface area contributed by atoms with Crippen LogP contribution in [0.25, 0.3) is 5.69 Å². The summed E-state index contributed by atoms with van der Waals surface area (Å²) in [5, 5.41) is 6.37. The summed E-state index contributed by atoms with van der Waals surface area (Å²) in [4.78, 5) is 36.5. The number of nitrogens with zero attached hydrogens (tertiary/aromatic N) is 2. The van der Waals surface area contributed by atoms with Crippen molar-refractivity contribution in [1.82, 2.24) is 15.1 Å². The molecule has 1 heterocycles. The standard InChI is InChI=1S/C23H19F4N3O4/c1-14-11-19(31)21(29-30(14)18-4-2-3-16(12-18)23(25,26)27)22(33)34-13-20(32)28-10-9-15-5-7-17(24)8-6-15/h2-8,11-12H,9-10,13H2,1H3,(H,28,32). The van der Waals surface area contributed by atoms with Gasteiger partial charge >= 0.3 is 12.1 Å². The summed E-state index contributed by atoms with van der Waals surface area (Å²) in [5.74, 6) is -2.21. The Morgan fingerprint density at radius 3 is 2.47 bits per heavy atom. The van der Waals surface area contributed by atoms with Crippen LogP contribution in [0.1, 0.15) is 27.3 Å². The van der Waals surface area contributed by atoms with Gasteiger partial charge in [0.25, 0.3) is 5.91 Å². The summed E-state index contributed by atoms with van der Waals surface area (Å²) in [5.41, 5.74) is -1.44. The van der Waals surface area contributed by atoms with E-state index in [2.05, 4.69) is 10.4 Å². The fourth-order valence-electron chi connectivity index (χ4n) is 3.01. The number of hydrogen-bond acceptors (Lipinski definition) is 5. The van der Waals surface area contributed by atoms with E-state index in [9.17, 15) is 31.9 Å². The van der Waals surface area contributed by atoms with Crippen LogP contribution in [-0.4, -0.2) is 34.8 Å². The Kier molecular flexibility index (Phi) is 7.44. The van der Waals surface area contributed by atoms with Gasteiger partial charge in [0, 0.05) is 18.3 Å². The van der Waals surface area contributed by atoms with Gasteiger partial charge in [-0.15, -0.1) is 0 Å². The summed E-state index contributed by atoms with van der Waals surface area (Å²) in [6.45, 7) is 0.951. The lowest BCUT2D eigenvalue weighted by molar-refractivity contribution is -0.137. The van der Waals surface area contributed by atoms with Crippen molar-refractivity contribution >= 4 is 11.9 Å². The van der Waals surface area contributed by atoms with Crippen LogP contribution in [0.15, 0.2) is 59.4 Å². The van der Waals surface area contributed by atoms with E-state index in [0.717, 1.165) is 28.4 Å². The number of carbonyl (C=O) groups excluding carboxylic acids is 2. The normalized spacial score (nSPS) is 11.2. The first-order valence-corrected chi connectivity index (χ1v) is 10.0. The molecule has 0 spiro atoms. The second-order valence-corrected chi connectivity index (χ2v) is 7.26. The molecule has 0 saturated heterocycles. The van der Waals surface area contributed by atoms with E-state index in [1.165, 1.54) is 31.2 Å². The lowest BCUT2D eigenvalue weighted by Gasteiger charge is -2.13. The van der Waals surface area contributed by atoms with E-state index in [0.29, 0.717) is 6.42 Å². The Morgan fingerprint density at radius 2 is 1.79 bits per heavy atom. The summed E-state index contributed by atoms with van der Waals surface area (Å²) in [7, 11) is 0. The molecule has 3 rings (SSSR count). The van der Waals surface area contributed by atoms with Crippen molar-refractivity contribution in [3.05, 3.63) is 93.2 Å². The molecule has 0 unspecified atom stereocenters. The Bertz CT molecular complexity index is 1250. The van der Waals surface area contributed by atoms with Crippen molar-refractivity contribution in [3.63, 3.8) is 0 Å². The van der Waals surface area contributed by atoms with Gasteiger partial charge in [-0.25, -0.2) is 13.9 Å². The Labute approximate surface area is 191 Å². The van der Waals surface area contributed by atoms with Crippen LogP contribution in [0.4, 0.5) is 17.6 Å².